The number of nitrogens with zero attached hydrogens (tertiary/aromatic N) is 1. The van der Waals surface area contributed by atoms with Gasteiger partial charge in [-0.1, -0.05) is 58.9 Å². The Kier molecular flexibility index (Phi) is 9.49. The zero-order chi connectivity index (χ0) is 36.8. The highest BCUT2D eigenvalue weighted by molar-refractivity contribution is 7.91. The van der Waals surface area contributed by atoms with Crippen molar-refractivity contribution in [3.63, 3.8) is 0 Å². The summed E-state index contributed by atoms with van der Waals surface area (Å²) in [4.78, 5) is 14.4. The van der Waals surface area contributed by atoms with Gasteiger partial charge in [0.15, 0.2) is 9.84 Å². The average Bonchev–Trinajstić information content (AvgIpc) is 3.46. The van der Waals surface area contributed by atoms with Crippen LogP contribution < -0.4 is 5.32 Å². The van der Waals surface area contributed by atoms with E-state index < -0.39 is 21.2 Å². The van der Waals surface area contributed by atoms with Crippen molar-refractivity contribution in [2.24, 2.45) is 56.7 Å². The van der Waals surface area contributed by atoms with Gasteiger partial charge in [-0.05, 0) is 146 Å². The maximum atomic E-state index is 12.1. The molecule has 10 atom stereocenters. The number of carboxylic acids is 1. The topological polar surface area (TPSA) is 107 Å². The lowest BCUT2D eigenvalue weighted by Gasteiger charge is -2.72. The van der Waals surface area contributed by atoms with E-state index in [9.17, 15) is 23.4 Å². The maximum Gasteiger partial charge on any atom is 0.312 e. The molecule has 0 unspecified atom stereocenters. The van der Waals surface area contributed by atoms with E-state index in [-0.39, 0.29) is 33.8 Å². The first-order chi connectivity index (χ1) is 23.9. The predicted molar refractivity (Wildman–Crippen MR) is 205 cm³/mol. The highest BCUT2D eigenvalue weighted by atomic mass is 32.2. The minimum absolute atomic E-state index is 0.0149. The molecule has 51 heavy (non-hydrogen) atoms. The minimum Gasteiger partial charge on any atom is -0.481 e. The van der Waals surface area contributed by atoms with Crippen LogP contribution in [0.2, 0.25) is 0 Å². The van der Waals surface area contributed by atoms with E-state index in [1.165, 1.54) is 68.1 Å². The molecule has 5 fully saturated rings. The Balaban J connectivity index is 1.13. The number of carbonyl (C=O) groups is 1. The molecule has 0 amide bonds. The normalized spacial score (nSPS) is 46.1. The van der Waals surface area contributed by atoms with Gasteiger partial charge in [0.1, 0.15) is 0 Å². The van der Waals surface area contributed by atoms with Crippen LogP contribution in [0, 0.1) is 56.7 Å². The van der Waals surface area contributed by atoms with Crippen LogP contribution in [0.5, 0.6) is 0 Å². The van der Waals surface area contributed by atoms with Crippen LogP contribution in [0.4, 0.5) is 0 Å². The summed E-state index contributed by atoms with van der Waals surface area (Å²) in [6, 6.07) is 0. The average molecular weight is 725 g/mol. The van der Waals surface area contributed by atoms with Crippen LogP contribution in [-0.2, 0) is 14.6 Å². The quantitative estimate of drug-likeness (QED) is 0.224. The molecule has 1 heterocycles. The molecule has 0 aromatic rings. The highest BCUT2D eigenvalue weighted by Gasteiger charge is 2.70. The van der Waals surface area contributed by atoms with Crippen LogP contribution >= 0.6 is 0 Å². The lowest BCUT2D eigenvalue weighted by molar-refractivity contribution is -0.221. The third-order valence-corrected chi connectivity index (χ3v) is 19.3. The van der Waals surface area contributed by atoms with Crippen LogP contribution in [0.1, 0.15) is 119 Å². The minimum atomic E-state index is -2.87. The summed E-state index contributed by atoms with van der Waals surface area (Å²) in [5, 5.41) is 24.1. The first-order valence-electron chi connectivity index (χ1n) is 20.5. The van der Waals surface area contributed by atoms with E-state index >= 15 is 0 Å². The Bertz CT molecular complexity index is 1590. The van der Waals surface area contributed by atoms with Gasteiger partial charge in [0.05, 0.1) is 23.5 Å². The van der Waals surface area contributed by atoms with Gasteiger partial charge < -0.3 is 20.4 Å². The molecule has 7 aliphatic rings. The number of aliphatic hydroxyl groups excluding tert-OH is 1. The Morgan fingerprint density at radius 3 is 2.27 bits per heavy atom. The van der Waals surface area contributed by atoms with Gasteiger partial charge in [-0.15, -0.1) is 0 Å². The summed E-state index contributed by atoms with van der Waals surface area (Å²) in [5.74, 6) is 2.78. The first kappa shape index (κ1) is 37.8. The maximum absolute atomic E-state index is 12.1. The molecule has 7 rings (SSSR count). The summed E-state index contributed by atoms with van der Waals surface area (Å²) in [6.07, 6.45) is 17.5. The fourth-order valence-corrected chi connectivity index (χ4v) is 15.9. The van der Waals surface area contributed by atoms with Crippen LogP contribution in [0.3, 0.4) is 0 Å². The van der Waals surface area contributed by atoms with Gasteiger partial charge in [0, 0.05) is 31.7 Å². The summed E-state index contributed by atoms with van der Waals surface area (Å²) in [7, 11) is -2.87. The Morgan fingerprint density at radius 1 is 0.922 bits per heavy atom. The van der Waals surface area contributed by atoms with Gasteiger partial charge in [-0.25, -0.2) is 8.42 Å². The van der Waals surface area contributed by atoms with Crippen LogP contribution in [-0.4, -0.2) is 79.3 Å². The van der Waals surface area contributed by atoms with Gasteiger partial charge >= 0.3 is 5.97 Å². The number of sulfone groups is 1. The van der Waals surface area contributed by atoms with Gasteiger partial charge in [0.25, 0.3) is 0 Å². The number of hydrogen-bond donors (Lipinski definition) is 3. The van der Waals surface area contributed by atoms with Crippen molar-refractivity contribution in [3.8, 4) is 0 Å². The van der Waals surface area contributed by atoms with E-state index in [1.807, 2.05) is 0 Å². The molecular formula is C43H68N2O5S. The lowest BCUT2D eigenvalue weighted by atomic mass is 9.33. The molecule has 4 saturated carbocycles. The molecule has 1 saturated heterocycles. The summed E-state index contributed by atoms with van der Waals surface area (Å²) in [5.41, 5.74) is 4.01. The molecule has 1 aliphatic heterocycles. The Labute approximate surface area is 309 Å². The molecule has 0 spiro atoms. The van der Waals surface area contributed by atoms with Gasteiger partial charge in [-0.3, -0.25) is 4.79 Å². The smallest absolute Gasteiger partial charge is 0.312 e. The monoisotopic (exact) mass is 724 g/mol. The SMILES string of the molecule is C=C(C)[C@@H]1CC[C@]2(NCCN3CCS(=O)(=O)CC3)CC[C@]3(C)[C@H](CC[C@@H]4[C@@]5(C)CC=C(C6=CC[C@](CO)(C(=O)O)CC6)C(C)(C)[C@@H]5CC[C@]43C)[C@@H]12. The number of aliphatic carboxylic acids is 1. The molecule has 0 radical (unpaired) electrons. The number of hydrogen-bond acceptors (Lipinski definition) is 6. The number of allylic oxidation sites excluding steroid dienone is 5. The zero-order valence-corrected chi connectivity index (χ0v) is 33.5. The Hall–Kier alpha value is -1.48. The molecule has 6 aliphatic carbocycles. The Morgan fingerprint density at radius 2 is 1.65 bits per heavy atom. The molecule has 0 bridgehead atoms. The molecule has 3 N–H and O–H groups in total. The van der Waals surface area contributed by atoms with E-state index in [1.54, 1.807) is 0 Å². The molecule has 0 aromatic heterocycles. The van der Waals surface area contributed by atoms with Crippen molar-refractivity contribution in [1.82, 2.24) is 10.2 Å². The molecule has 7 nitrogen and oxygen atoms in total. The predicted octanol–water partition coefficient (Wildman–Crippen LogP) is 7.43. The van der Waals surface area contributed by atoms with Crippen molar-refractivity contribution >= 4 is 15.8 Å². The third kappa shape index (κ3) is 5.72. The second kappa shape index (κ2) is 12.8. The number of rotatable bonds is 8. The summed E-state index contributed by atoms with van der Waals surface area (Å²) >= 11 is 0. The van der Waals surface area contributed by atoms with Crippen molar-refractivity contribution in [3.05, 3.63) is 35.5 Å². The van der Waals surface area contributed by atoms with Crippen LogP contribution in [0.25, 0.3) is 0 Å². The highest BCUT2D eigenvalue weighted by Crippen LogP contribution is 2.76. The van der Waals surface area contributed by atoms with Crippen molar-refractivity contribution in [2.75, 3.05) is 44.3 Å². The van der Waals surface area contributed by atoms with Crippen molar-refractivity contribution in [2.45, 2.75) is 124 Å². The first-order valence-corrected chi connectivity index (χ1v) is 22.3. The number of fused-ring (bicyclic) bond motifs is 7. The van der Waals surface area contributed by atoms with E-state index in [0.29, 0.717) is 67.0 Å². The van der Waals surface area contributed by atoms with E-state index in [4.69, 9.17) is 0 Å². The molecule has 286 valence electrons. The second-order valence-corrected chi connectivity index (χ2v) is 22.3. The molecular weight excluding hydrogens is 657 g/mol. The van der Waals surface area contributed by atoms with Crippen molar-refractivity contribution in [1.29, 1.82) is 0 Å². The molecule has 8 heteroatoms. The fraction of sp³-hybridized carbons (Fsp3) is 0.837. The lowest BCUT2D eigenvalue weighted by Crippen LogP contribution is -2.68. The van der Waals surface area contributed by atoms with E-state index in [2.05, 4.69) is 70.5 Å². The largest absolute Gasteiger partial charge is 0.481 e. The number of aliphatic hydroxyl groups is 1. The van der Waals surface area contributed by atoms with E-state index in [0.717, 1.165) is 25.9 Å². The van der Waals surface area contributed by atoms with Gasteiger partial charge in [-0.2, -0.15) is 0 Å². The summed E-state index contributed by atoms with van der Waals surface area (Å²) in [6.45, 7) is 22.7. The summed E-state index contributed by atoms with van der Waals surface area (Å²) < 4.78 is 24.1. The van der Waals surface area contributed by atoms with Crippen molar-refractivity contribution < 1.29 is 23.4 Å². The molecule has 0 aromatic carbocycles. The van der Waals surface area contributed by atoms with Crippen LogP contribution in [0.15, 0.2) is 35.5 Å². The number of carboxylic acid groups (broad SMARTS) is 1. The standard InChI is InChI=1S/C43H68N2O5S/c1-29(2)31-12-19-43(44-22-23-45-24-26-51(49,50)27-25-45)21-20-40(6)33(36(31)43)8-9-35-39(5)15-13-32(38(3,4)34(39)14-16-41(35,40)7)30-10-17-42(28-46,18-11-30)37(47)48/h10,13,31,33-36,44,46H,1,8-9,11-12,14-28H2,2-7H3,(H,47,48)/t31-,33+,34-,35+,36+,39-,40+,41+,42-,43-/m0/s1. The second-order valence-electron chi connectivity index (χ2n) is 20.0. The zero-order valence-electron chi connectivity index (χ0n) is 32.7. The fourth-order valence-electron chi connectivity index (χ4n) is 14.6. The number of nitrogens with one attached hydrogen (secondary N) is 1. The van der Waals surface area contributed by atoms with Gasteiger partial charge in [0.2, 0.25) is 0 Å². The third-order valence-electron chi connectivity index (χ3n) is 17.7.